The van der Waals surface area contributed by atoms with E-state index in [-0.39, 0.29) is 0 Å². The normalized spacial score (nSPS) is 27.6. The van der Waals surface area contributed by atoms with E-state index in [0.29, 0.717) is 12.1 Å². The van der Waals surface area contributed by atoms with Crippen molar-refractivity contribution in [1.29, 1.82) is 0 Å². The van der Waals surface area contributed by atoms with E-state index in [1.165, 1.54) is 12.8 Å². The summed E-state index contributed by atoms with van der Waals surface area (Å²) in [5.41, 5.74) is 0. The highest BCUT2D eigenvalue weighted by molar-refractivity contribution is 5.24. The molecule has 1 fully saturated rings. The quantitative estimate of drug-likeness (QED) is 0.683. The maximum Gasteiger partial charge on any atom is 0.242 e. The first-order valence-electron chi connectivity index (χ1n) is 4.99. The second-order valence-corrected chi connectivity index (χ2v) is 3.76. The van der Waals surface area contributed by atoms with Crippen LogP contribution in [0.4, 0.5) is 5.95 Å². The van der Waals surface area contributed by atoms with Crippen molar-refractivity contribution in [2.45, 2.75) is 31.8 Å². The van der Waals surface area contributed by atoms with Gasteiger partial charge in [0.05, 0.1) is 0 Å². The van der Waals surface area contributed by atoms with Crippen LogP contribution in [0.15, 0.2) is 0 Å². The van der Waals surface area contributed by atoms with E-state index in [1.54, 1.807) is 4.68 Å². The lowest BCUT2D eigenvalue weighted by Gasteiger charge is -2.30. The Labute approximate surface area is 83.1 Å². The summed E-state index contributed by atoms with van der Waals surface area (Å²) in [7, 11) is 1.84. The Bertz CT molecular complexity index is 296. The van der Waals surface area contributed by atoms with Crippen molar-refractivity contribution >= 4 is 5.95 Å². The Morgan fingerprint density at radius 2 is 2.43 bits per heavy atom. The second kappa shape index (κ2) is 3.91. The van der Waals surface area contributed by atoms with Gasteiger partial charge < -0.3 is 10.6 Å². The van der Waals surface area contributed by atoms with Gasteiger partial charge in [0.15, 0.2) is 0 Å². The predicted octanol–water partition coefficient (Wildman–Crippen LogP) is -0.238. The van der Waals surface area contributed by atoms with E-state index in [4.69, 9.17) is 0 Å². The smallest absolute Gasteiger partial charge is 0.242 e. The number of piperidine rings is 1. The highest BCUT2D eigenvalue weighted by Crippen LogP contribution is 2.12. The van der Waals surface area contributed by atoms with Gasteiger partial charge in [-0.3, -0.25) is 0 Å². The Morgan fingerprint density at radius 1 is 1.57 bits per heavy atom. The molecular weight excluding hydrogens is 180 g/mol. The van der Waals surface area contributed by atoms with Crippen molar-refractivity contribution in [3.8, 4) is 0 Å². The molecule has 0 aromatic carbocycles. The molecule has 0 bridgehead atoms. The number of aromatic nitrogens is 4. The van der Waals surface area contributed by atoms with Gasteiger partial charge in [-0.25, -0.2) is 4.68 Å². The van der Waals surface area contributed by atoms with Gasteiger partial charge in [0, 0.05) is 19.1 Å². The van der Waals surface area contributed by atoms with Gasteiger partial charge in [0.1, 0.15) is 0 Å². The summed E-state index contributed by atoms with van der Waals surface area (Å²) in [5.74, 6) is 0.741. The zero-order chi connectivity index (χ0) is 9.97. The molecule has 78 valence electrons. The molecule has 0 unspecified atom stereocenters. The van der Waals surface area contributed by atoms with Crippen LogP contribution in [-0.4, -0.2) is 38.8 Å². The van der Waals surface area contributed by atoms with Crippen LogP contribution in [0.5, 0.6) is 0 Å². The van der Waals surface area contributed by atoms with Crippen LogP contribution in [0.1, 0.15) is 19.8 Å². The summed E-state index contributed by atoms with van der Waals surface area (Å²) in [4.78, 5) is 0. The number of nitrogens with zero attached hydrogens (tertiary/aromatic N) is 4. The van der Waals surface area contributed by atoms with Gasteiger partial charge in [0.25, 0.3) is 0 Å². The lowest BCUT2D eigenvalue weighted by molar-refractivity contribution is 0.387. The summed E-state index contributed by atoms with van der Waals surface area (Å²) < 4.78 is 1.65. The molecule has 0 radical (unpaired) electrons. The number of nitrogens with one attached hydrogen (secondary N) is 2. The fraction of sp³-hybridized carbons (Fsp3) is 0.875. The highest BCUT2D eigenvalue weighted by Gasteiger charge is 2.21. The van der Waals surface area contributed by atoms with Crippen molar-refractivity contribution in [1.82, 2.24) is 25.5 Å². The number of hydrogen-bond acceptors (Lipinski definition) is 5. The zero-order valence-electron chi connectivity index (χ0n) is 8.56. The molecule has 0 aliphatic carbocycles. The standard InChI is InChI=1S/C8H16N6/c1-6-7(4-3-5-9-6)10-8-11-12-13-14(8)2/h6-7,9H,3-5H2,1-2H3,(H,10,11,13)/t6-,7-/m0/s1. The van der Waals surface area contributed by atoms with E-state index in [1.807, 2.05) is 7.05 Å². The van der Waals surface area contributed by atoms with Crippen molar-refractivity contribution in [2.75, 3.05) is 11.9 Å². The molecule has 1 aliphatic heterocycles. The Balaban J connectivity index is 1.99. The molecule has 1 aromatic rings. The number of hydrogen-bond donors (Lipinski definition) is 2. The molecule has 0 spiro atoms. The molecule has 2 rings (SSSR count). The number of aryl methyl sites for hydroxylation is 1. The van der Waals surface area contributed by atoms with Gasteiger partial charge in [-0.15, -0.1) is 0 Å². The summed E-state index contributed by atoms with van der Waals surface area (Å²) in [6.45, 7) is 3.29. The lowest BCUT2D eigenvalue weighted by Crippen LogP contribution is -2.46. The van der Waals surface area contributed by atoms with E-state index in [2.05, 4.69) is 33.1 Å². The molecule has 6 heteroatoms. The van der Waals surface area contributed by atoms with Gasteiger partial charge in [-0.05, 0) is 36.7 Å². The molecule has 6 nitrogen and oxygen atoms in total. The molecule has 14 heavy (non-hydrogen) atoms. The minimum absolute atomic E-state index is 0.424. The minimum Gasteiger partial charge on any atom is -0.349 e. The van der Waals surface area contributed by atoms with E-state index in [0.717, 1.165) is 12.5 Å². The summed E-state index contributed by atoms with van der Waals surface area (Å²) in [6.07, 6.45) is 2.37. The maximum absolute atomic E-state index is 3.91. The summed E-state index contributed by atoms with van der Waals surface area (Å²) in [5, 5.41) is 18.0. The van der Waals surface area contributed by atoms with E-state index < -0.39 is 0 Å². The lowest BCUT2D eigenvalue weighted by atomic mass is 10.0. The third-order valence-corrected chi connectivity index (χ3v) is 2.70. The molecule has 0 saturated carbocycles. The van der Waals surface area contributed by atoms with Crippen molar-refractivity contribution in [3.63, 3.8) is 0 Å². The first-order valence-corrected chi connectivity index (χ1v) is 4.99. The monoisotopic (exact) mass is 196 g/mol. The van der Waals surface area contributed by atoms with Gasteiger partial charge in [0.2, 0.25) is 5.95 Å². The fourth-order valence-corrected chi connectivity index (χ4v) is 1.76. The molecule has 2 atom stereocenters. The first-order chi connectivity index (χ1) is 6.77. The van der Waals surface area contributed by atoms with Crippen LogP contribution >= 0.6 is 0 Å². The van der Waals surface area contributed by atoms with Crippen LogP contribution in [0.2, 0.25) is 0 Å². The molecule has 0 amide bonds. The highest BCUT2D eigenvalue weighted by atomic mass is 15.6. The summed E-state index contributed by atoms with van der Waals surface area (Å²) >= 11 is 0. The molecule has 2 heterocycles. The summed E-state index contributed by atoms with van der Waals surface area (Å²) in [6, 6.07) is 0.897. The van der Waals surface area contributed by atoms with Crippen molar-refractivity contribution < 1.29 is 0 Å². The van der Waals surface area contributed by atoms with Crippen LogP contribution < -0.4 is 10.6 Å². The Morgan fingerprint density at radius 3 is 3.07 bits per heavy atom. The largest absolute Gasteiger partial charge is 0.349 e. The van der Waals surface area contributed by atoms with Crippen molar-refractivity contribution in [3.05, 3.63) is 0 Å². The minimum atomic E-state index is 0.424. The number of tetrazole rings is 1. The fourth-order valence-electron chi connectivity index (χ4n) is 1.76. The predicted molar refractivity (Wildman–Crippen MR) is 52.9 cm³/mol. The first kappa shape index (κ1) is 9.39. The third kappa shape index (κ3) is 1.84. The zero-order valence-corrected chi connectivity index (χ0v) is 8.56. The van der Waals surface area contributed by atoms with Crippen LogP contribution in [-0.2, 0) is 7.05 Å². The van der Waals surface area contributed by atoms with Crippen LogP contribution in [0, 0.1) is 0 Å². The van der Waals surface area contributed by atoms with Gasteiger partial charge in [-0.1, -0.05) is 5.10 Å². The van der Waals surface area contributed by atoms with Crippen LogP contribution in [0.3, 0.4) is 0 Å². The average Bonchev–Trinajstić information content (AvgIpc) is 2.56. The van der Waals surface area contributed by atoms with E-state index in [9.17, 15) is 0 Å². The molecule has 1 aromatic heterocycles. The Kier molecular flexibility index (Phi) is 2.62. The van der Waals surface area contributed by atoms with E-state index >= 15 is 0 Å². The van der Waals surface area contributed by atoms with Crippen molar-refractivity contribution in [2.24, 2.45) is 7.05 Å². The average molecular weight is 196 g/mol. The number of anilines is 1. The SMILES string of the molecule is C[C@@H]1NCCC[C@@H]1Nc1nnnn1C. The molecule has 1 aliphatic rings. The topological polar surface area (TPSA) is 67.7 Å². The second-order valence-electron chi connectivity index (χ2n) is 3.76. The molecule has 1 saturated heterocycles. The molecule has 2 N–H and O–H groups in total. The molecular formula is C8H16N6. The van der Waals surface area contributed by atoms with Gasteiger partial charge >= 0.3 is 0 Å². The van der Waals surface area contributed by atoms with Crippen LogP contribution in [0.25, 0.3) is 0 Å². The Hall–Kier alpha value is -1.17. The third-order valence-electron chi connectivity index (χ3n) is 2.70. The number of rotatable bonds is 2. The van der Waals surface area contributed by atoms with Gasteiger partial charge in [-0.2, -0.15) is 0 Å². The maximum atomic E-state index is 3.91.